The largest absolute Gasteiger partial charge is 0.291 e. The number of nitrogens with one attached hydrogen (secondary N) is 2. The normalized spacial score (nSPS) is 8.48. The van der Waals surface area contributed by atoms with E-state index in [-0.39, 0.29) is 31.8 Å². The summed E-state index contributed by atoms with van der Waals surface area (Å²) in [6.07, 6.45) is 0. The molecule has 2 aromatic carbocycles. The molecule has 0 saturated carbocycles. The summed E-state index contributed by atoms with van der Waals surface area (Å²) in [6, 6.07) is 12.8. The number of nitrogens with zero attached hydrogens (tertiary/aromatic N) is 2. The summed E-state index contributed by atoms with van der Waals surface area (Å²) in [5.41, 5.74) is 4.74. The van der Waals surface area contributed by atoms with Crippen molar-refractivity contribution < 1.29 is 30.8 Å². The molecule has 0 aliphatic carbocycles. The third-order valence-corrected chi connectivity index (χ3v) is 2.25. The summed E-state index contributed by atoms with van der Waals surface area (Å²) in [5.74, 6) is 0. The van der Waals surface area contributed by atoms with Crippen LogP contribution in [-0.2, 0) is 20.4 Å². The first kappa shape index (κ1) is 18.8. The number of hydrogen-bond acceptors (Lipinski definition) is 8. The molecule has 0 unspecified atom stereocenters. The zero-order valence-corrected chi connectivity index (χ0v) is 12.1. The Labute approximate surface area is 133 Å². The van der Waals surface area contributed by atoms with Gasteiger partial charge in [-0.3, -0.25) is 21.4 Å². The standard InChI is InChI=1S/2C6H6N2O2.Pd/c2*9-7-5-3-1-2-4-6(5)8-10;/h2*1-4,7,9H;. The van der Waals surface area contributed by atoms with Gasteiger partial charge in [0.2, 0.25) is 0 Å². The minimum atomic E-state index is 0. The number of anilines is 2. The fourth-order valence-corrected chi connectivity index (χ4v) is 1.30. The van der Waals surface area contributed by atoms with E-state index in [1.54, 1.807) is 36.4 Å². The molecule has 8 nitrogen and oxygen atoms in total. The Balaban J connectivity index is 0.000000364. The molecule has 0 aliphatic heterocycles. The number of nitroso groups, excluding NO2 is 2. The van der Waals surface area contributed by atoms with E-state index in [1.165, 1.54) is 12.1 Å². The van der Waals surface area contributed by atoms with Gasteiger partial charge in [0.1, 0.15) is 11.4 Å². The van der Waals surface area contributed by atoms with Crippen LogP contribution < -0.4 is 11.0 Å². The maximum absolute atomic E-state index is 9.99. The molecule has 0 radical (unpaired) electrons. The Hall–Kier alpha value is -2.18. The van der Waals surface area contributed by atoms with Crippen molar-refractivity contribution >= 4 is 22.7 Å². The van der Waals surface area contributed by atoms with Crippen molar-refractivity contribution in [3.8, 4) is 0 Å². The average molecular weight is 383 g/mol. The molecule has 0 bridgehead atoms. The van der Waals surface area contributed by atoms with Crippen LogP contribution in [0.2, 0.25) is 0 Å². The van der Waals surface area contributed by atoms with Gasteiger partial charge in [0.25, 0.3) is 0 Å². The molecule has 0 saturated heterocycles. The van der Waals surface area contributed by atoms with E-state index in [1.807, 2.05) is 11.0 Å². The summed E-state index contributed by atoms with van der Waals surface area (Å²) in [4.78, 5) is 20.0. The molecule has 21 heavy (non-hydrogen) atoms. The molecule has 114 valence electrons. The van der Waals surface area contributed by atoms with E-state index in [4.69, 9.17) is 10.4 Å². The Morgan fingerprint density at radius 1 is 0.714 bits per heavy atom. The number of rotatable bonds is 4. The Bertz CT molecular complexity index is 531. The van der Waals surface area contributed by atoms with Crippen molar-refractivity contribution in [1.82, 2.24) is 0 Å². The van der Waals surface area contributed by atoms with Crippen LogP contribution in [0.25, 0.3) is 0 Å². The monoisotopic (exact) mass is 382 g/mol. The van der Waals surface area contributed by atoms with E-state index < -0.39 is 0 Å². The quantitative estimate of drug-likeness (QED) is 0.362. The molecule has 4 N–H and O–H groups in total. The van der Waals surface area contributed by atoms with Crippen molar-refractivity contribution in [3.05, 3.63) is 58.3 Å². The van der Waals surface area contributed by atoms with E-state index in [0.29, 0.717) is 11.4 Å². The van der Waals surface area contributed by atoms with Gasteiger partial charge in [0.05, 0.1) is 11.4 Å². The minimum Gasteiger partial charge on any atom is -0.291 e. The van der Waals surface area contributed by atoms with Crippen molar-refractivity contribution in [1.29, 1.82) is 0 Å². The minimum absolute atomic E-state index is 0. The third-order valence-electron chi connectivity index (χ3n) is 2.25. The zero-order valence-electron chi connectivity index (χ0n) is 10.5. The van der Waals surface area contributed by atoms with Crippen LogP contribution in [-0.4, -0.2) is 10.4 Å². The second-order valence-electron chi connectivity index (χ2n) is 3.44. The molecule has 2 rings (SSSR count). The molecule has 0 amide bonds. The Kier molecular flexibility index (Phi) is 9.49. The van der Waals surface area contributed by atoms with Gasteiger partial charge in [0, 0.05) is 20.4 Å². The summed E-state index contributed by atoms with van der Waals surface area (Å²) >= 11 is 0. The van der Waals surface area contributed by atoms with E-state index in [0.717, 1.165) is 0 Å². The predicted octanol–water partition coefficient (Wildman–Crippen LogP) is 3.77. The molecule has 0 heterocycles. The smallest absolute Gasteiger partial charge is 0.133 e. The third kappa shape index (κ3) is 5.76. The number of benzene rings is 2. The van der Waals surface area contributed by atoms with Gasteiger partial charge in [-0.1, -0.05) is 24.3 Å². The van der Waals surface area contributed by atoms with Crippen LogP contribution in [0.3, 0.4) is 0 Å². The predicted molar refractivity (Wildman–Crippen MR) is 74.6 cm³/mol. The first-order valence-electron chi connectivity index (χ1n) is 5.41. The second-order valence-corrected chi connectivity index (χ2v) is 3.44. The first-order chi connectivity index (χ1) is 9.76. The number of para-hydroxylation sites is 2. The molecule has 0 aromatic heterocycles. The van der Waals surface area contributed by atoms with Crippen molar-refractivity contribution in [2.45, 2.75) is 0 Å². The Morgan fingerprint density at radius 3 is 1.29 bits per heavy atom. The van der Waals surface area contributed by atoms with Gasteiger partial charge in [-0.25, -0.2) is 0 Å². The van der Waals surface area contributed by atoms with Crippen LogP contribution in [0.4, 0.5) is 22.7 Å². The molecule has 0 spiro atoms. The summed E-state index contributed by atoms with van der Waals surface area (Å²) in [7, 11) is 0. The second kappa shape index (κ2) is 10.6. The fraction of sp³-hybridized carbons (Fsp3) is 0. The number of hydrogen-bond donors (Lipinski definition) is 4. The maximum Gasteiger partial charge on any atom is 0.133 e. The van der Waals surface area contributed by atoms with Gasteiger partial charge >= 0.3 is 0 Å². The average Bonchev–Trinajstić information content (AvgIpc) is 2.55. The zero-order chi connectivity index (χ0) is 14.8. The van der Waals surface area contributed by atoms with Crippen LogP contribution in [0.15, 0.2) is 58.9 Å². The van der Waals surface area contributed by atoms with E-state index in [2.05, 4.69) is 10.4 Å². The fourth-order valence-electron chi connectivity index (χ4n) is 1.30. The van der Waals surface area contributed by atoms with Gasteiger partial charge in [-0.15, -0.1) is 9.81 Å². The van der Waals surface area contributed by atoms with E-state index >= 15 is 0 Å². The van der Waals surface area contributed by atoms with Gasteiger partial charge in [-0.2, -0.15) is 0 Å². The molecule has 0 aliphatic rings. The molecule has 2 aromatic rings. The summed E-state index contributed by atoms with van der Waals surface area (Å²) in [5, 5.41) is 22.1. The first-order valence-corrected chi connectivity index (χ1v) is 5.41. The topological polar surface area (TPSA) is 123 Å². The van der Waals surface area contributed by atoms with Gasteiger partial charge in [-0.05, 0) is 34.6 Å². The molecular formula is C12H12N4O4Pd. The summed E-state index contributed by atoms with van der Waals surface area (Å²) < 4.78 is 0. The van der Waals surface area contributed by atoms with Crippen LogP contribution >= 0.6 is 0 Å². The van der Waals surface area contributed by atoms with Crippen LogP contribution in [0, 0.1) is 9.81 Å². The van der Waals surface area contributed by atoms with Crippen LogP contribution in [0.5, 0.6) is 0 Å². The van der Waals surface area contributed by atoms with Crippen LogP contribution in [0.1, 0.15) is 0 Å². The SMILES string of the molecule is O=Nc1ccccc1NO.O=Nc1ccccc1NO.[Pd]. The van der Waals surface area contributed by atoms with Crippen molar-refractivity contribution in [2.75, 3.05) is 11.0 Å². The molecule has 0 fully saturated rings. The van der Waals surface area contributed by atoms with Gasteiger partial charge < -0.3 is 0 Å². The van der Waals surface area contributed by atoms with Crippen molar-refractivity contribution in [2.24, 2.45) is 10.4 Å². The molecule has 0 atom stereocenters. The summed E-state index contributed by atoms with van der Waals surface area (Å²) in [6.45, 7) is 0. The maximum atomic E-state index is 9.99. The van der Waals surface area contributed by atoms with Crippen molar-refractivity contribution in [3.63, 3.8) is 0 Å². The molecular weight excluding hydrogens is 371 g/mol. The Morgan fingerprint density at radius 2 is 1.05 bits per heavy atom. The van der Waals surface area contributed by atoms with E-state index in [9.17, 15) is 9.81 Å². The molecule has 9 heteroatoms. The van der Waals surface area contributed by atoms with Gasteiger partial charge in [0.15, 0.2) is 0 Å².